The molecule has 1 amide bonds. The topological polar surface area (TPSA) is 109 Å². The van der Waals surface area contributed by atoms with E-state index in [-0.39, 0.29) is 23.3 Å². The third-order valence-corrected chi connectivity index (χ3v) is 5.62. The fourth-order valence-corrected chi connectivity index (χ4v) is 3.59. The highest BCUT2D eigenvalue weighted by Crippen LogP contribution is 2.37. The molecule has 200 valence electrons. The molecule has 0 atom stereocenters. The summed E-state index contributed by atoms with van der Waals surface area (Å²) in [5.74, 6) is 0.816. The molecule has 0 fully saturated rings. The van der Waals surface area contributed by atoms with Gasteiger partial charge in [-0.3, -0.25) is 9.59 Å². The number of carbonyl (C=O) groups is 2. The number of likely N-dealkylation sites (N-methyl/N-ethyl adjacent to an activating group) is 2. The molecular weight excluding hydrogens is 484 g/mol. The molecule has 0 radical (unpaired) electrons. The molecule has 2 aromatic carbocycles. The molecule has 0 saturated heterocycles. The Morgan fingerprint density at radius 2 is 1.79 bits per heavy atom. The van der Waals surface area contributed by atoms with Crippen molar-refractivity contribution in [3.8, 4) is 11.5 Å². The molecule has 0 aliphatic rings. The van der Waals surface area contributed by atoms with Gasteiger partial charge in [0, 0.05) is 38.0 Å². The van der Waals surface area contributed by atoms with Gasteiger partial charge in [-0.2, -0.15) is 0 Å². The highest BCUT2D eigenvalue weighted by Gasteiger charge is 2.17. The van der Waals surface area contributed by atoms with Gasteiger partial charge in [0.1, 0.15) is 17.2 Å². The van der Waals surface area contributed by atoms with Crippen LogP contribution < -0.4 is 25.0 Å². The summed E-state index contributed by atoms with van der Waals surface area (Å²) in [5, 5.41) is 5.98. The summed E-state index contributed by atoms with van der Waals surface area (Å²) >= 11 is 0. The van der Waals surface area contributed by atoms with Gasteiger partial charge in [0.2, 0.25) is 17.6 Å². The van der Waals surface area contributed by atoms with Gasteiger partial charge in [-0.15, -0.1) is 0 Å². The van der Waals surface area contributed by atoms with Crippen molar-refractivity contribution in [2.75, 3.05) is 63.5 Å². The van der Waals surface area contributed by atoms with Crippen LogP contribution >= 0.6 is 0 Å². The van der Waals surface area contributed by atoms with Crippen LogP contribution in [0.4, 0.5) is 23.0 Å². The molecule has 1 heterocycles. The standard InChI is InChI=1S/C28H34N6O4/c1-7-26(35)30-22-17-23(25(37-6)18-24(22)34(5)16-15-33(3)4)32-28-29-14-13-21(31-28)27(36)19-9-11-20(12-10-19)38-8-2/h7,9-14,17-18H,1,8,15-16H2,2-6H3,(H,30,35)(H,29,31,32). The van der Waals surface area contributed by atoms with Crippen LogP contribution in [0.1, 0.15) is 23.0 Å². The molecule has 0 unspecified atom stereocenters. The third kappa shape index (κ3) is 7.30. The SMILES string of the molecule is C=CC(=O)Nc1cc(Nc2nccc(C(=O)c3ccc(OCC)cc3)n2)c(OC)cc1N(C)CCN(C)C. The minimum atomic E-state index is -0.345. The van der Waals surface area contributed by atoms with Crippen molar-refractivity contribution in [1.29, 1.82) is 0 Å². The number of amides is 1. The van der Waals surface area contributed by atoms with Crippen LogP contribution in [0.5, 0.6) is 11.5 Å². The Bertz CT molecular complexity index is 1280. The number of carbonyl (C=O) groups excluding carboxylic acids is 2. The quantitative estimate of drug-likeness (QED) is 0.256. The van der Waals surface area contributed by atoms with Crippen LogP contribution in [-0.4, -0.2) is 74.5 Å². The second-order valence-corrected chi connectivity index (χ2v) is 8.66. The summed E-state index contributed by atoms with van der Waals surface area (Å²) in [6, 6.07) is 12.0. The summed E-state index contributed by atoms with van der Waals surface area (Å²) < 4.78 is 11.1. The Morgan fingerprint density at radius 3 is 2.42 bits per heavy atom. The second kappa shape index (κ2) is 13.2. The predicted octanol–water partition coefficient (Wildman–Crippen LogP) is 3.98. The lowest BCUT2D eigenvalue weighted by molar-refractivity contribution is -0.111. The van der Waals surface area contributed by atoms with E-state index in [1.165, 1.54) is 12.3 Å². The van der Waals surface area contributed by atoms with E-state index in [9.17, 15) is 9.59 Å². The van der Waals surface area contributed by atoms with Gasteiger partial charge in [0.05, 0.1) is 30.8 Å². The number of nitrogens with one attached hydrogen (secondary N) is 2. The lowest BCUT2D eigenvalue weighted by Gasteiger charge is -2.26. The first-order valence-electron chi connectivity index (χ1n) is 12.1. The van der Waals surface area contributed by atoms with Gasteiger partial charge in [-0.25, -0.2) is 9.97 Å². The molecule has 0 spiro atoms. The van der Waals surface area contributed by atoms with E-state index >= 15 is 0 Å². The van der Waals surface area contributed by atoms with Crippen molar-refractivity contribution in [3.63, 3.8) is 0 Å². The number of hydrogen-bond donors (Lipinski definition) is 2. The maximum Gasteiger partial charge on any atom is 0.247 e. The van der Waals surface area contributed by atoms with Crippen LogP contribution in [-0.2, 0) is 4.79 Å². The van der Waals surface area contributed by atoms with E-state index in [0.29, 0.717) is 35.0 Å². The van der Waals surface area contributed by atoms with Gasteiger partial charge < -0.3 is 29.9 Å². The first kappa shape index (κ1) is 28.1. The molecule has 10 heteroatoms. The first-order valence-corrected chi connectivity index (χ1v) is 12.1. The first-order chi connectivity index (χ1) is 18.2. The molecule has 0 saturated carbocycles. The van der Waals surface area contributed by atoms with Crippen molar-refractivity contribution in [3.05, 3.63) is 72.6 Å². The normalized spacial score (nSPS) is 10.6. The summed E-state index contributed by atoms with van der Waals surface area (Å²) in [6.45, 7) is 7.53. The maximum atomic E-state index is 13.0. The summed E-state index contributed by atoms with van der Waals surface area (Å²) in [4.78, 5) is 38.0. The Hall–Kier alpha value is -4.44. The third-order valence-electron chi connectivity index (χ3n) is 5.62. The highest BCUT2D eigenvalue weighted by atomic mass is 16.5. The van der Waals surface area contributed by atoms with Gasteiger partial charge in [-0.1, -0.05) is 6.58 Å². The lowest BCUT2D eigenvalue weighted by atomic mass is 10.1. The van der Waals surface area contributed by atoms with Crippen LogP contribution in [0, 0.1) is 0 Å². The molecule has 3 aromatic rings. The number of hydrogen-bond acceptors (Lipinski definition) is 9. The fourth-order valence-electron chi connectivity index (χ4n) is 3.59. The number of aromatic nitrogens is 2. The van der Waals surface area contributed by atoms with Gasteiger partial charge >= 0.3 is 0 Å². The second-order valence-electron chi connectivity index (χ2n) is 8.66. The van der Waals surface area contributed by atoms with Crippen molar-refractivity contribution in [2.45, 2.75) is 6.92 Å². The Labute approximate surface area is 223 Å². The number of methoxy groups -OCH3 is 1. The number of nitrogens with zero attached hydrogens (tertiary/aromatic N) is 4. The van der Waals surface area contributed by atoms with Gasteiger partial charge in [-0.05, 0) is 63.5 Å². The zero-order valence-electron chi connectivity index (χ0n) is 22.4. The van der Waals surface area contributed by atoms with E-state index in [2.05, 4.69) is 32.1 Å². The maximum absolute atomic E-state index is 13.0. The number of anilines is 4. The van der Waals surface area contributed by atoms with Gasteiger partial charge in [0.25, 0.3) is 0 Å². The monoisotopic (exact) mass is 518 g/mol. The predicted molar refractivity (Wildman–Crippen MR) is 150 cm³/mol. The molecule has 0 bridgehead atoms. The van der Waals surface area contributed by atoms with Crippen molar-refractivity contribution in [1.82, 2.24) is 14.9 Å². The minimum absolute atomic E-state index is 0.204. The number of ketones is 1. The van der Waals surface area contributed by atoms with Crippen LogP contribution in [0.2, 0.25) is 0 Å². The summed E-state index contributed by atoms with van der Waals surface area (Å²) in [5.41, 5.74) is 2.55. The molecule has 2 N–H and O–H groups in total. The molecule has 1 aromatic heterocycles. The zero-order chi connectivity index (χ0) is 27.7. The van der Waals surface area contributed by atoms with Crippen LogP contribution in [0.15, 0.2) is 61.3 Å². The van der Waals surface area contributed by atoms with E-state index in [1.807, 2.05) is 39.0 Å². The van der Waals surface area contributed by atoms with E-state index in [4.69, 9.17) is 9.47 Å². The Balaban J connectivity index is 1.91. The highest BCUT2D eigenvalue weighted by molar-refractivity contribution is 6.08. The average Bonchev–Trinajstić information content (AvgIpc) is 2.92. The van der Waals surface area contributed by atoms with E-state index < -0.39 is 0 Å². The molecule has 10 nitrogen and oxygen atoms in total. The number of benzene rings is 2. The zero-order valence-corrected chi connectivity index (χ0v) is 22.4. The van der Waals surface area contributed by atoms with E-state index in [1.54, 1.807) is 43.5 Å². The molecule has 0 aliphatic heterocycles. The molecule has 3 rings (SSSR count). The Kier molecular flexibility index (Phi) is 9.78. The van der Waals surface area contributed by atoms with Crippen LogP contribution in [0.3, 0.4) is 0 Å². The van der Waals surface area contributed by atoms with Crippen LogP contribution in [0.25, 0.3) is 0 Å². The fraction of sp³-hybridized carbons (Fsp3) is 0.286. The summed E-state index contributed by atoms with van der Waals surface area (Å²) in [6.07, 6.45) is 2.72. The van der Waals surface area contributed by atoms with Crippen molar-refractivity contribution in [2.24, 2.45) is 0 Å². The lowest BCUT2D eigenvalue weighted by Crippen LogP contribution is -2.29. The minimum Gasteiger partial charge on any atom is -0.494 e. The largest absolute Gasteiger partial charge is 0.494 e. The smallest absolute Gasteiger partial charge is 0.247 e. The van der Waals surface area contributed by atoms with E-state index in [0.717, 1.165) is 18.8 Å². The Morgan fingerprint density at radius 1 is 1.05 bits per heavy atom. The van der Waals surface area contributed by atoms with Crippen molar-refractivity contribution >= 4 is 34.7 Å². The molecule has 0 aliphatic carbocycles. The average molecular weight is 519 g/mol. The number of ether oxygens (including phenoxy) is 2. The summed E-state index contributed by atoms with van der Waals surface area (Å²) in [7, 11) is 7.49. The molecular formula is C28H34N6O4. The van der Waals surface area contributed by atoms with Gasteiger partial charge in [0.15, 0.2) is 0 Å². The molecule has 38 heavy (non-hydrogen) atoms. The van der Waals surface area contributed by atoms with Crippen molar-refractivity contribution < 1.29 is 19.1 Å². The number of rotatable bonds is 13.